The number of hydrogen-bond donors (Lipinski definition) is 2. The summed E-state index contributed by atoms with van der Waals surface area (Å²) in [5, 5.41) is 6.66. The van der Waals surface area contributed by atoms with Crippen LogP contribution in [0.1, 0.15) is 41.8 Å². The zero-order valence-electron chi connectivity index (χ0n) is 17.9. The highest BCUT2D eigenvalue weighted by Gasteiger charge is 2.30. The molecule has 2 aromatic rings. The Balaban J connectivity index is 0.00000341. The molecule has 0 aliphatic carbocycles. The summed E-state index contributed by atoms with van der Waals surface area (Å²) in [6.45, 7) is 9.16. The summed E-state index contributed by atoms with van der Waals surface area (Å²) in [5.74, 6) is 2.08. The topological polar surface area (TPSA) is 65.7 Å². The Hall–Kier alpha value is -1.82. The molecule has 3 rings (SSSR count). The van der Waals surface area contributed by atoms with Crippen LogP contribution in [0.3, 0.4) is 0 Å². The SMILES string of the molecule is CCNC(=NCc1nc(C)c(C)o1)NC1CCN(Cc2ccc(C(F)(F)F)cc2)C1.I. The largest absolute Gasteiger partial charge is 0.444 e. The Morgan fingerprint density at radius 3 is 2.55 bits per heavy atom. The molecular weight excluding hydrogens is 522 g/mol. The number of rotatable bonds is 6. The third-order valence-corrected chi connectivity index (χ3v) is 5.09. The maximum atomic E-state index is 12.7. The van der Waals surface area contributed by atoms with Gasteiger partial charge in [-0.3, -0.25) is 4.90 Å². The van der Waals surface area contributed by atoms with Gasteiger partial charge < -0.3 is 15.1 Å². The van der Waals surface area contributed by atoms with Crippen molar-refractivity contribution in [2.24, 2.45) is 4.99 Å². The van der Waals surface area contributed by atoms with E-state index in [1.165, 1.54) is 0 Å². The number of halogens is 4. The number of benzene rings is 1. The maximum Gasteiger partial charge on any atom is 0.416 e. The summed E-state index contributed by atoms with van der Waals surface area (Å²) in [6.07, 6.45) is -3.37. The Kier molecular flexibility index (Phi) is 9.16. The molecule has 2 heterocycles. The molecule has 10 heteroatoms. The van der Waals surface area contributed by atoms with Gasteiger partial charge in [-0.25, -0.2) is 9.98 Å². The van der Waals surface area contributed by atoms with E-state index in [0.29, 0.717) is 24.9 Å². The predicted molar refractivity (Wildman–Crippen MR) is 124 cm³/mol. The number of nitrogens with zero attached hydrogens (tertiary/aromatic N) is 3. The molecule has 0 radical (unpaired) electrons. The molecule has 1 unspecified atom stereocenters. The lowest BCUT2D eigenvalue weighted by molar-refractivity contribution is -0.137. The Morgan fingerprint density at radius 1 is 1.26 bits per heavy atom. The first-order chi connectivity index (χ1) is 14.2. The van der Waals surface area contributed by atoms with Gasteiger partial charge in [0.2, 0.25) is 5.89 Å². The van der Waals surface area contributed by atoms with Crippen LogP contribution in [0.4, 0.5) is 13.2 Å². The average Bonchev–Trinajstić information content (AvgIpc) is 3.25. The van der Waals surface area contributed by atoms with Crippen LogP contribution in [0.5, 0.6) is 0 Å². The van der Waals surface area contributed by atoms with Gasteiger partial charge in [0.05, 0.1) is 11.3 Å². The fourth-order valence-corrected chi connectivity index (χ4v) is 3.42. The summed E-state index contributed by atoms with van der Waals surface area (Å²) in [5.41, 5.74) is 1.13. The first-order valence-electron chi connectivity index (χ1n) is 10.1. The van der Waals surface area contributed by atoms with Crippen molar-refractivity contribution in [2.45, 2.75) is 52.5 Å². The van der Waals surface area contributed by atoms with E-state index in [9.17, 15) is 13.2 Å². The third-order valence-electron chi connectivity index (χ3n) is 5.09. The highest BCUT2D eigenvalue weighted by molar-refractivity contribution is 14.0. The zero-order chi connectivity index (χ0) is 21.7. The molecule has 1 aliphatic rings. The normalized spacial score (nSPS) is 17.5. The van der Waals surface area contributed by atoms with Gasteiger partial charge in [-0.2, -0.15) is 13.2 Å². The van der Waals surface area contributed by atoms with Crippen molar-refractivity contribution in [3.05, 3.63) is 52.7 Å². The van der Waals surface area contributed by atoms with Crippen molar-refractivity contribution in [3.63, 3.8) is 0 Å². The monoisotopic (exact) mass is 551 g/mol. The molecule has 1 atom stereocenters. The first-order valence-corrected chi connectivity index (χ1v) is 10.1. The number of alkyl halides is 3. The summed E-state index contributed by atoms with van der Waals surface area (Å²) in [6, 6.07) is 5.60. The van der Waals surface area contributed by atoms with Crippen molar-refractivity contribution in [1.29, 1.82) is 0 Å². The summed E-state index contributed by atoms with van der Waals surface area (Å²) < 4.78 is 43.7. The molecule has 1 aliphatic heterocycles. The van der Waals surface area contributed by atoms with Crippen molar-refractivity contribution in [1.82, 2.24) is 20.5 Å². The van der Waals surface area contributed by atoms with Gasteiger partial charge >= 0.3 is 6.18 Å². The van der Waals surface area contributed by atoms with E-state index in [-0.39, 0.29) is 30.0 Å². The molecule has 1 aromatic heterocycles. The second kappa shape index (κ2) is 11.2. The van der Waals surface area contributed by atoms with Crippen molar-refractivity contribution in [2.75, 3.05) is 19.6 Å². The summed E-state index contributed by atoms with van der Waals surface area (Å²) in [4.78, 5) is 11.1. The number of likely N-dealkylation sites (tertiary alicyclic amines) is 1. The van der Waals surface area contributed by atoms with Crippen LogP contribution in [0, 0.1) is 13.8 Å². The lowest BCUT2D eigenvalue weighted by Crippen LogP contribution is -2.44. The minimum atomic E-state index is -4.30. The number of guanidine groups is 1. The van der Waals surface area contributed by atoms with Crippen LogP contribution in [0.2, 0.25) is 0 Å². The molecule has 0 saturated carbocycles. The highest BCUT2D eigenvalue weighted by Crippen LogP contribution is 2.29. The smallest absolute Gasteiger partial charge is 0.416 e. The van der Waals surface area contributed by atoms with Crippen LogP contribution in [0.15, 0.2) is 33.7 Å². The van der Waals surface area contributed by atoms with Crippen LogP contribution in [0.25, 0.3) is 0 Å². The number of nitrogens with one attached hydrogen (secondary N) is 2. The van der Waals surface area contributed by atoms with E-state index in [2.05, 4.69) is 25.5 Å². The molecule has 6 nitrogen and oxygen atoms in total. The lowest BCUT2D eigenvalue weighted by Gasteiger charge is -2.19. The lowest BCUT2D eigenvalue weighted by atomic mass is 10.1. The molecule has 172 valence electrons. The number of aryl methyl sites for hydroxylation is 2. The number of hydrogen-bond acceptors (Lipinski definition) is 4. The molecule has 2 N–H and O–H groups in total. The predicted octanol–water partition coefficient (Wildman–Crippen LogP) is 4.26. The van der Waals surface area contributed by atoms with Crippen LogP contribution in [-0.4, -0.2) is 41.5 Å². The minimum absolute atomic E-state index is 0. The molecule has 1 saturated heterocycles. The fourth-order valence-electron chi connectivity index (χ4n) is 3.42. The van der Waals surface area contributed by atoms with Crippen LogP contribution >= 0.6 is 24.0 Å². The van der Waals surface area contributed by atoms with Gasteiger partial charge in [0.25, 0.3) is 0 Å². The molecule has 1 aromatic carbocycles. The molecule has 31 heavy (non-hydrogen) atoms. The van der Waals surface area contributed by atoms with E-state index in [1.54, 1.807) is 12.1 Å². The maximum absolute atomic E-state index is 12.7. The molecular formula is C21H29F3IN5O. The van der Waals surface area contributed by atoms with Gasteiger partial charge in [0.15, 0.2) is 5.96 Å². The van der Waals surface area contributed by atoms with E-state index >= 15 is 0 Å². The summed E-state index contributed by atoms with van der Waals surface area (Å²) >= 11 is 0. The average molecular weight is 551 g/mol. The van der Waals surface area contributed by atoms with Crippen molar-refractivity contribution < 1.29 is 17.6 Å². The van der Waals surface area contributed by atoms with Gasteiger partial charge in [-0.05, 0) is 44.9 Å². The van der Waals surface area contributed by atoms with Crippen LogP contribution in [-0.2, 0) is 19.3 Å². The van der Waals surface area contributed by atoms with Crippen LogP contribution < -0.4 is 10.6 Å². The van der Waals surface area contributed by atoms with Gasteiger partial charge in [-0.1, -0.05) is 12.1 Å². The standard InChI is InChI=1S/C21H28F3N5O.HI/c1-4-25-20(26-11-19-27-14(2)15(3)30-19)28-18-9-10-29(13-18)12-16-5-7-17(8-6-16)21(22,23)24;/h5-8,18H,4,9-13H2,1-3H3,(H2,25,26,28);1H. The quantitative estimate of drug-likeness (QED) is 0.319. The molecule has 0 amide bonds. The number of aromatic nitrogens is 1. The molecule has 0 bridgehead atoms. The van der Waals surface area contributed by atoms with Crippen molar-refractivity contribution >= 4 is 29.9 Å². The second-order valence-corrected chi connectivity index (χ2v) is 7.50. The summed E-state index contributed by atoms with van der Waals surface area (Å²) in [7, 11) is 0. The molecule has 0 spiro atoms. The van der Waals surface area contributed by atoms with Gasteiger partial charge in [0.1, 0.15) is 12.3 Å². The van der Waals surface area contributed by atoms with E-state index in [0.717, 1.165) is 55.2 Å². The van der Waals surface area contributed by atoms with E-state index in [1.807, 2.05) is 20.8 Å². The fraction of sp³-hybridized carbons (Fsp3) is 0.524. The molecule has 1 fully saturated rings. The zero-order valence-corrected chi connectivity index (χ0v) is 20.3. The Morgan fingerprint density at radius 2 is 1.97 bits per heavy atom. The van der Waals surface area contributed by atoms with E-state index < -0.39 is 11.7 Å². The Bertz CT molecular complexity index is 847. The number of aliphatic imine (C=N–C) groups is 1. The second-order valence-electron chi connectivity index (χ2n) is 7.50. The number of oxazole rings is 1. The van der Waals surface area contributed by atoms with Crippen molar-refractivity contribution in [3.8, 4) is 0 Å². The van der Waals surface area contributed by atoms with E-state index in [4.69, 9.17) is 4.42 Å². The third kappa shape index (κ3) is 7.37. The highest BCUT2D eigenvalue weighted by atomic mass is 127. The van der Waals surface area contributed by atoms with Gasteiger partial charge in [0, 0.05) is 32.2 Å². The first kappa shape index (κ1) is 25.4. The minimum Gasteiger partial charge on any atom is -0.444 e. The van der Waals surface area contributed by atoms with Gasteiger partial charge in [-0.15, -0.1) is 24.0 Å². The Labute approximate surface area is 197 Å².